The first-order valence-corrected chi connectivity index (χ1v) is 14.7. The molecule has 0 aliphatic carbocycles. The van der Waals surface area contributed by atoms with Crippen LogP contribution in [0.15, 0.2) is 82.1 Å². The maximum Gasteiger partial charge on any atom is 0.417 e. The highest BCUT2D eigenvalue weighted by molar-refractivity contribution is 5.80. The van der Waals surface area contributed by atoms with E-state index in [2.05, 4.69) is 41.3 Å². The number of methoxy groups -OCH3 is 1. The topological polar surface area (TPSA) is 92.3 Å². The minimum Gasteiger partial charge on any atom is -0.488 e. The number of hydrogen-bond acceptors (Lipinski definition) is 7. The van der Waals surface area contributed by atoms with E-state index in [0.29, 0.717) is 24.4 Å². The zero-order valence-electron chi connectivity index (χ0n) is 25.7. The molecule has 2 aromatic heterocycles. The Labute approximate surface area is 252 Å². The molecule has 43 heavy (non-hydrogen) atoms. The van der Waals surface area contributed by atoms with Gasteiger partial charge in [-0.3, -0.25) is 13.9 Å². The third-order valence-electron chi connectivity index (χ3n) is 7.05. The first-order chi connectivity index (χ1) is 20.7. The lowest BCUT2D eigenvalue weighted by atomic mass is 9.98. The van der Waals surface area contributed by atoms with Gasteiger partial charge in [0, 0.05) is 12.0 Å². The fourth-order valence-electron chi connectivity index (χ4n) is 5.12. The Morgan fingerprint density at radius 1 is 0.860 bits per heavy atom. The summed E-state index contributed by atoms with van der Waals surface area (Å²) in [5.41, 5.74) is 5.80. The average molecular weight is 579 g/mol. The summed E-state index contributed by atoms with van der Waals surface area (Å²) < 4.78 is 18.0. The molecule has 8 heteroatoms. The maximum absolute atomic E-state index is 14.1. The predicted molar refractivity (Wildman–Crippen MR) is 169 cm³/mol. The minimum absolute atomic E-state index is 0.0275. The van der Waals surface area contributed by atoms with Crippen molar-refractivity contribution >= 4 is 0 Å². The summed E-state index contributed by atoms with van der Waals surface area (Å²) in [6.45, 7) is 10.6. The second-order valence-electron chi connectivity index (χ2n) is 11.4. The Morgan fingerprint density at radius 3 is 2.14 bits per heavy atom. The smallest absolute Gasteiger partial charge is 0.417 e. The van der Waals surface area contributed by atoms with Crippen molar-refractivity contribution in [3.8, 4) is 45.5 Å². The van der Waals surface area contributed by atoms with Crippen molar-refractivity contribution in [1.82, 2.24) is 19.7 Å². The van der Waals surface area contributed by atoms with Gasteiger partial charge in [-0.15, -0.1) is 0 Å². The van der Waals surface area contributed by atoms with Gasteiger partial charge < -0.3 is 9.47 Å². The van der Waals surface area contributed by atoms with E-state index in [-0.39, 0.29) is 17.2 Å². The summed E-state index contributed by atoms with van der Waals surface area (Å²) >= 11 is 0. The highest BCUT2D eigenvalue weighted by Gasteiger charge is 2.19. The van der Waals surface area contributed by atoms with Crippen LogP contribution in [0.4, 0.5) is 0 Å². The third kappa shape index (κ3) is 6.69. The van der Waals surface area contributed by atoms with Gasteiger partial charge in [-0.1, -0.05) is 79.7 Å². The molecular weight excluding hydrogens is 540 g/mol. The Morgan fingerprint density at radius 2 is 1.53 bits per heavy atom. The molecule has 0 aliphatic heterocycles. The normalized spacial score (nSPS) is 11.5. The number of aromatic nitrogens is 4. The molecule has 222 valence electrons. The van der Waals surface area contributed by atoms with Crippen LogP contribution >= 0.6 is 0 Å². The van der Waals surface area contributed by atoms with Crippen molar-refractivity contribution in [1.29, 1.82) is 0 Å². The molecule has 0 saturated carbocycles. The van der Waals surface area contributed by atoms with Crippen LogP contribution < -0.4 is 15.0 Å². The number of ether oxygens (including phenoxy) is 2. The summed E-state index contributed by atoms with van der Waals surface area (Å²) in [5.74, 6) is 2.03. The van der Waals surface area contributed by atoms with E-state index in [1.165, 1.54) is 7.11 Å². The standard InChI is InChI=1S/C35H38N4O4/c1-7-11-30-36-29(8-2)31(25-18-20-26(21-19-25)42-35(3,4)5)33(40)39(30)22-23-14-16-24(17-15-23)27-12-9-10-13-28(27)32-37-34(41-6)43-38-32/h9-10,12-21H,7-8,11,22H2,1-6H3. The van der Waals surface area contributed by atoms with Crippen LogP contribution in [0.25, 0.3) is 33.6 Å². The number of benzene rings is 3. The van der Waals surface area contributed by atoms with Crippen LogP contribution in [-0.2, 0) is 19.4 Å². The monoisotopic (exact) mass is 578 g/mol. The van der Waals surface area contributed by atoms with Crippen molar-refractivity contribution in [2.24, 2.45) is 0 Å². The quantitative estimate of drug-likeness (QED) is 0.171. The molecule has 0 unspecified atom stereocenters. The van der Waals surface area contributed by atoms with E-state index in [4.69, 9.17) is 19.0 Å². The number of rotatable bonds is 10. The van der Waals surface area contributed by atoms with Crippen molar-refractivity contribution in [3.05, 3.63) is 100 Å². The molecule has 0 bridgehead atoms. The molecule has 0 aliphatic rings. The van der Waals surface area contributed by atoms with Gasteiger partial charge in [-0.05, 0) is 68.0 Å². The summed E-state index contributed by atoms with van der Waals surface area (Å²) in [6.07, 6.45) is 2.40. The Bertz CT molecular complexity index is 1750. The summed E-state index contributed by atoms with van der Waals surface area (Å²) in [7, 11) is 1.49. The number of hydrogen-bond donors (Lipinski definition) is 0. The molecule has 5 aromatic rings. The molecule has 0 saturated heterocycles. The summed E-state index contributed by atoms with van der Waals surface area (Å²) in [6, 6.07) is 23.9. The molecule has 0 amide bonds. The van der Waals surface area contributed by atoms with E-state index >= 15 is 0 Å². The van der Waals surface area contributed by atoms with Gasteiger partial charge in [-0.2, -0.15) is 4.98 Å². The average Bonchev–Trinajstić information content (AvgIpc) is 3.48. The van der Waals surface area contributed by atoms with Crippen molar-refractivity contribution in [2.75, 3.05) is 7.11 Å². The number of aryl methyl sites for hydroxylation is 2. The van der Waals surface area contributed by atoms with Crippen LogP contribution in [0.5, 0.6) is 11.8 Å². The molecule has 0 atom stereocenters. The van der Waals surface area contributed by atoms with Gasteiger partial charge in [0.25, 0.3) is 5.56 Å². The van der Waals surface area contributed by atoms with Gasteiger partial charge in [0.15, 0.2) is 0 Å². The summed E-state index contributed by atoms with van der Waals surface area (Å²) in [4.78, 5) is 23.5. The van der Waals surface area contributed by atoms with Gasteiger partial charge in [0.1, 0.15) is 17.2 Å². The van der Waals surface area contributed by atoms with E-state index < -0.39 is 0 Å². The minimum atomic E-state index is -0.301. The fourth-order valence-corrected chi connectivity index (χ4v) is 5.12. The molecule has 0 fully saturated rings. The van der Waals surface area contributed by atoms with Crippen LogP contribution in [0.3, 0.4) is 0 Å². The third-order valence-corrected chi connectivity index (χ3v) is 7.05. The molecule has 0 radical (unpaired) electrons. The van der Waals surface area contributed by atoms with Crippen LogP contribution in [-0.4, -0.2) is 32.4 Å². The van der Waals surface area contributed by atoms with E-state index in [0.717, 1.165) is 57.9 Å². The molecule has 5 rings (SSSR count). The van der Waals surface area contributed by atoms with E-state index in [1.807, 2.05) is 80.8 Å². The summed E-state index contributed by atoms with van der Waals surface area (Å²) in [5, 5.41) is 4.06. The van der Waals surface area contributed by atoms with Crippen molar-refractivity contribution in [3.63, 3.8) is 0 Å². The molecule has 3 aromatic carbocycles. The predicted octanol–water partition coefficient (Wildman–Crippen LogP) is 7.38. The van der Waals surface area contributed by atoms with Gasteiger partial charge in [-0.25, -0.2) is 4.98 Å². The first-order valence-electron chi connectivity index (χ1n) is 14.7. The molecule has 2 heterocycles. The second kappa shape index (κ2) is 12.7. The van der Waals surface area contributed by atoms with Gasteiger partial charge in [0.2, 0.25) is 5.82 Å². The molecule has 8 nitrogen and oxygen atoms in total. The molecule has 0 spiro atoms. The van der Waals surface area contributed by atoms with Crippen LogP contribution in [0, 0.1) is 0 Å². The lowest BCUT2D eigenvalue weighted by molar-refractivity contribution is 0.131. The number of nitrogens with zero attached hydrogens (tertiary/aromatic N) is 4. The van der Waals surface area contributed by atoms with Gasteiger partial charge in [0.05, 0.1) is 24.9 Å². The van der Waals surface area contributed by atoms with Crippen molar-refractivity contribution < 1.29 is 14.0 Å². The highest BCUT2D eigenvalue weighted by atomic mass is 16.6. The first kappa shape index (κ1) is 29.8. The van der Waals surface area contributed by atoms with Crippen molar-refractivity contribution in [2.45, 2.75) is 66.0 Å². The lowest BCUT2D eigenvalue weighted by Crippen LogP contribution is -2.29. The zero-order valence-corrected chi connectivity index (χ0v) is 25.7. The zero-order chi connectivity index (χ0) is 30.6. The molecular formula is C35H38N4O4. The maximum atomic E-state index is 14.1. The SMILES string of the molecule is CCCc1nc(CC)c(-c2ccc(OC(C)(C)C)cc2)c(=O)n1Cc1ccc(-c2ccccc2-c2noc(OC)n2)cc1. The lowest BCUT2D eigenvalue weighted by Gasteiger charge is -2.21. The van der Waals surface area contributed by atoms with Gasteiger partial charge >= 0.3 is 6.08 Å². The highest BCUT2D eigenvalue weighted by Crippen LogP contribution is 2.32. The van der Waals surface area contributed by atoms with E-state index in [9.17, 15) is 4.79 Å². The fraction of sp³-hybridized carbons (Fsp3) is 0.314. The Kier molecular flexibility index (Phi) is 8.76. The Hall–Kier alpha value is -4.72. The van der Waals surface area contributed by atoms with Crippen LogP contribution in [0.2, 0.25) is 0 Å². The molecule has 0 N–H and O–H groups in total. The Balaban J connectivity index is 1.49. The second-order valence-corrected chi connectivity index (χ2v) is 11.4. The van der Waals surface area contributed by atoms with Crippen LogP contribution in [0.1, 0.15) is 58.1 Å². The van der Waals surface area contributed by atoms with E-state index in [1.54, 1.807) is 0 Å². The largest absolute Gasteiger partial charge is 0.488 e.